The first-order valence-electron chi connectivity index (χ1n) is 13.0. The Balaban J connectivity index is 1.42. The van der Waals surface area contributed by atoms with Crippen molar-refractivity contribution in [2.45, 2.75) is 70.6 Å². The largest absolute Gasteiger partial charge is 0.484 e. The number of hydrogen-bond donors (Lipinski definition) is 1. The third kappa shape index (κ3) is 7.60. The van der Waals surface area contributed by atoms with Crippen molar-refractivity contribution >= 4 is 29.5 Å². The molecule has 3 amide bonds. The molecule has 0 radical (unpaired) electrons. The fraction of sp³-hybridized carbons (Fsp3) is 0.464. The first-order valence-corrected chi connectivity index (χ1v) is 13.3. The van der Waals surface area contributed by atoms with Crippen molar-refractivity contribution in [1.29, 1.82) is 0 Å². The van der Waals surface area contributed by atoms with Gasteiger partial charge in [-0.15, -0.1) is 0 Å². The lowest BCUT2D eigenvalue weighted by Crippen LogP contribution is -2.59. The zero-order chi connectivity index (χ0) is 30.1. The summed E-state index contributed by atoms with van der Waals surface area (Å²) < 4.78 is 64.0. The second kappa shape index (κ2) is 11.8. The Labute approximate surface area is 239 Å². The quantitative estimate of drug-likeness (QED) is 0.471. The molecule has 0 saturated carbocycles. The molecular formula is C28H30ClF4N3O5. The molecule has 2 aliphatic rings. The van der Waals surface area contributed by atoms with Gasteiger partial charge in [0.2, 0.25) is 5.91 Å². The maximum atomic E-state index is 13.6. The number of hydrogen-bond acceptors (Lipinski definition) is 5. The van der Waals surface area contributed by atoms with Crippen LogP contribution >= 0.6 is 11.6 Å². The van der Waals surface area contributed by atoms with Crippen LogP contribution in [0.2, 0.25) is 5.02 Å². The second-order valence-corrected chi connectivity index (χ2v) is 11.4. The monoisotopic (exact) mass is 599 g/mol. The summed E-state index contributed by atoms with van der Waals surface area (Å²) in [6.07, 6.45) is -4.72. The van der Waals surface area contributed by atoms with Gasteiger partial charge in [-0.1, -0.05) is 17.7 Å². The molecule has 2 atom stereocenters. The van der Waals surface area contributed by atoms with E-state index in [1.165, 1.54) is 28.0 Å². The van der Waals surface area contributed by atoms with Gasteiger partial charge in [0.15, 0.2) is 6.61 Å². The SMILES string of the molecule is CC(C)(C)OC(=O)N1CC(NC(=O)COc2ccc(Cl)c(F)c2)CC[C@H]1C(=O)N1Cc2ccc(C(F)(F)F)cc2C1. The molecule has 0 aromatic heterocycles. The maximum Gasteiger partial charge on any atom is 0.416 e. The lowest BCUT2D eigenvalue weighted by Gasteiger charge is -2.40. The molecule has 2 aliphatic heterocycles. The molecule has 4 rings (SSSR count). The van der Waals surface area contributed by atoms with Gasteiger partial charge in [-0.05, 0) is 69.0 Å². The zero-order valence-electron chi connectivity index (χ0n) is 22.7. The Kier molecular flexibility index (Phi) is 8.72. The molecule has 13 heteroatoms. The van der Waals surface area contributed by atoms with Gasteiger partial charge in [-0.2, -0.15) is 13.2 Å². The molecule has 1 fully saturated rings. The van der Waals surface area contributed by atoms with E-state index in [0.29, 0.717) is 17.5 Å². The van der Waals surface area contributed by atoms with Gasteiger partial charge in [0.05, 0.1) is 10.6 Å². The molecule has 8 nitrogen and oxygen atoms in total. The van der Waals surface area contributed by atoms with Gasteiger partial charge in [-0.25, -0.2) is 9.18 Å². The highest BCUT2D eigenvalue weighted by atomic mass is 35.5. The fourth-order valence-corrected chi connectivity index (χ4v) is 4.91. The predicted molar refractivity (Wildman–Crippen MR) is 140 cm³/mol. The normalized spacial score (nSPS) is 19.0. The molecule has 2 aromatic carbocycles. The predicted octanol–water partition coefficient (Wildman–Crippen LogP) is 5.30. The summed E-state index contributed by atoms with van der Waals surface area (Å²) in [5.74, 6) is -1.52. The van der Waals surface area contributed by atoms with E-state index in [1.807, 2.05) is 0 Å². The van der Waals surface area contributed by atoms with E-state index in [0.717, 1.165) is 18.2 Å². The number of likely N-dealkylation sites (tertiary alicyclic amines) is 1. The zero-order valence-corrected chi connectivity index (χ0v) is 23.4. The minimum atomic E-state index is -4.50. The minimum Gasteiger partial charge on any atom is -0.484 e. The Morgan fingerprint density at radius 3 is 2.39 bits per heavy atom. The molecule has 2 heterocycles. The molecule has 0 aliphatic carbocycles. The van der Waals surface area contributed by atoms with Crippen molar-refractivity contribution in [3.63, 3.8) is 0 Å². The molecule has 222 valence electrons. The Hall–Kier alpha value is -3.54. The first-order chi connectivity index (χ1) is 19.1. The van der Waals surface area contributed by atoms with Crippen LogP contribution in [-0.4, -0.2) is 58.5 Å². The van der Waals surface area contributed by atoms with Crippen molar-refractivity contribution in [1.82, 2.24) is 15.1 Å². The third-order valence-corrected chi connectivity index (χ3v) is 7.00. The van der Waals surface area contributed by atoms with E-state index in [4.69, 9.17) is 21.1 Å². The van der Waals surface area contributed by atoms with Gasteiger partial charge in [-0.3, -0.25) is 14.5 Å². The van der Waals surface area contributed by atoms with Crippen LogP contribution in [0.5, 0.6) is 5.75 Å². The summed E-state index contributed by atoms with van der Waals surface area (Å²) in [6, 6.07) is 5.70. The van der Waals surface area contributed by atoms with Crippen LogP contribution in [0, 0.1) is 5.82 Å². The van der Waals surface area contributed by atoms with Crippen LogP contribution in [-0.2, 0) is 33.6 Å². The minimum absolute atomic E-state index is 0.0143. The number of benzene rings is 2. The maximum absolute atomic E-state index is 13.6. The third-order valence-electron chi connectivity index (χ3n) is 6.69. The van der Waals surface area contributed by atoms with E-state index < -0.39 is 59.8 Å². The first kappa shape index (κ1) is 30.4. The standard InChI is InChI=1S/C28H30ClF4N3O5/c1-27(2,3)41-26(39)36-14-19(34-24(37)15-40-20-7-8-21(29)22(30)11-20)6-9-23(36)25(38)35-12-16-4-5-18(28(31,32)33)10-17(16)13-35/h4-5,7-8,10-11,19,23H,6,9,12-15H2,1-3H3,(H,34,37)/t19?,23-/m0/s1. The molecule has 1 saturated heterocycles. The average molecular weight is 600 g/mol. The Bertz CT molecular complexity index is 1330. The van der Waals surface area contributed by atoms with Crippen LogP contribution in [0.1, 0.15) is 50.3 Å². The summed E-state index contributed by atoms with van der Waals surface area (Å²) in [5.41, 5.74) is -0.641. The number of carbonyl (C=O) groups is 3. The molecule has 1 N–H and O–H groups in total. The highest BCUT2D eigenvalue weighted by molar-refractivity contribution is 6.30. The summed E-state index contributed by atoms with van der Waals surface area (Å²) >= 11 is 5.65. The smallest absolute Gasteiger partial charge is 0.416 e. The van der Waals surface area contributed by atoms with Crippen molar-refractivity contribution in [2.24, 2.45) is 0 Å². The van der Waals surface area contributed by atoms with Crippen molar-refractivity contribution in [3.05, 3.63) is 63.9 Å². The number of halogens is 5. The van der Waals surface area contributed by atoms with E-state index in [-0.39, 0.29) is 36.8 Å². The molecule has 41 heavy (non-hydrogen) atoms. The number of amides is 3. The van der Waals surface area contributed by atoms with E-state index in [1.54, 1.807) is 20.8 Å². The lowest BCUT2D eigenvalue weighted by atomic mass is 9.97. The highest BCUT2D eigenvalue weighted by Gasteiger charge is 2.42. The van der Waals surface area contributed by atoms with Crippen LogP contribution in [0.3, 0.4) is 0 Å². The highest BCUT2D eigenvalue weighted by Crippen LogP contribution is 2.34. The summed E-state index contributed by atoms with van der Waals surface area (Å²) in [7, 11) is 0. The summed E-state index contributed by atoms with van der Waals surface area (Å²) in [5, 5.41) is 2.68. The van der Waals surface area contributed by atoms with Crippen LogP contribution in [0.15, 0.2) is 36.4 Å². The van der Waals surface area contributed by atoms with Crippen LogP contribution in [0.4, 0.5) is 22.4 Å². The summed E-state index contributed by atoms with van der Waals surface area (Å²) in [4.78, 5) is 41.9. The Morgan fingerprint density at radius 1 is 1.02 bits per heavy atom. The van der Waals surface area contributed by atoms with Crippen LogP contribution in [0.25, 0.3) is 0 Å². The Morgan fingerprint density at radius 2 is 1.73 bits per heavy atom. The number of nitrogens with zero attached hydrogens (tertiary/aromatic N) is 2. The lowest BCUT2D eigenvalue weighted by molar-refractivity contribution is -0.139. The molecule has 0 bridgehead atoms. The number of nitrogens with one attached hydrogen (secondary N) is 1. The fourth-order valence-electron chi connectivity index (χ4n) is 4.79. The molecular weight excluding hydrogens is 570 g/mol. The van der Waals surface area contributed by atoms with Crippen molar-refractivity contribution in [3.8, 4) is 5.75 Å². The summed E-state index contributed by atoms with van der Waals surface area (Å²) in [6.45, 7) is 4.68. The molecule has 1 unspecified atom stereocenters. The van der Waals surface area contributed by atoms with Gasteiger partial charge in [0.1, 0.15) is 23.2 Å². The topological polar surface area (TPSA) is 88.2 Å². The van der Waals surface area contributed by atoms with Gasteiger partial charge < -0.3 is 19.7 Å². The van der Waals surface area contributed by atoms with Crippen molar-refractivity contribution < 1.29 is 41.4 Å². The van der Waals surface area contributed by atoms with Gasteiger partial charge in [0.25, 0.3) is 5.91 Å². The average Bonchev–Trinajstić information content (AvgIpc) is 3.31. The van der Waals surface area contributed by atoms with E-state index in [9.17, 15) is 31.9 Å². The van der Waals surface area contributed by atoms with E-state index in [2.05, 4.69) is 5.32 Å². The van der Waals surface area contributed by atoms with Crippen molar-refractivity contribution in [2.75, 3.05) is 13.2 Å². The number of alkyl halides is 3. The molecule has 0 spiro atoms. The number of carbonyl (C=O) groups excluding carboxylic acids is 3. The number of rotatable bonds is 5. The van der Waals surface area contributed by atoms with Crippen LogP contribution < -0.4 is 10.1 Å². The van der Waals surface area contributed by atoms with Gasteiger partial charge in [0, 0.05) is 31.7 Å². The number of fused-ring (bicyclic) bond motifs is 1. The van der Waals surface area contributed by atoms with E-state index >= 15 is 0 Å². The molecule has 2 aromatic rings. The van der Waals surface area contributed by atoms with Gasteiger partial charge >= 0.3 is 12.3 Å². The number of ether oxygens (including phenoxy) is 2. The second-order valence-electron chi connectivity index (χ2n) is 11.0. The number of piperidine rings is 1.